The molecule has 0 saturated heterocycles. The molecule has 5 nitrogen and oxygen atoms in total. The standard InChI is InChI=1S/C20H23FN2O3S/c1-6-13-8-14-9-17(15(21)10-16(14)22-11-13)26-19(27-5)18(24)23-20(3,4)12-25-7-2/h1,8-11,19H,7,12H2,2-5H3,(H,23,24). The summed E-state index contributed by atoms with van der Waals surface area (Å²) in [6.45, 7) is 6.50. The van der Waals surface area contributed by atoms with E-state index in [0.29, 0.717) is 29.7 Å². The SMILES string of the molecule is C#Cc1cnc2cc(F)c(OC(SC)C(=O)NC(C)(C)COCC)cc2c1. The fraction of sp³-hybridized carbons (Fsp3) is 0.400. The first-order valence-electron chi connectivity index (χ1n) is 8.44. The number of benzene rings is 1. The van der Waals surface area contributed by atoms with E-state index in [0.717, 1.165) is 0 Å². The van der Waals surface area contributed by atoms with Crippen LogP contribution in [-0.2, 0) is 9.53 Å². The quantitative estimate of drug-likeness (QED) is 0.553. The lowest BCUT2D eigenvalue weighted by atomic mass is 10.1. The molecule has 1 N–H and O–H groups in total. The number of thioether (sulfide) groups is 1. The lowest BCUT2D eigenvalue weighted by Crippen LogP contribution is -2.51. The van der Waals surface area contributed by atoms with Gasteiger partial charge in [-0.15, -0.1) is 18.2 Å². The van der Waals surface area contributed by atoms with Crippen molar-refractivity contribution in [1.82, 2.24) is 10.3 Å². The number of carbonyl (C=O) groups excluding carboxylic acids is 1. The highest BCUT2D eigenvalue weighted by molar-refractivity contribution is 7.99. The molecule has 144 valence electrons. The Morgan fingerprint density at radius 3 is 2.81 bits per heavy atom. The number of hydrogen-bond donors (Lipinski definition) is 1. The predicted octanol–water partition coefficient (Wildman–Crippen LogP) is 3.35. The highest BCUT2D eigenvalue weighted by atomic mass is 32.2. The van der Waals surface area contributed by atoms with E-state index in [1.165, 1.54) is 30.1 Å². The Hall–Kier alpha value is -2.30. The molecule has 1 amide bonds. The lowest BCUT2D eigenvalue weighted by molar-refractivity contribution is -0.126. The summed E-state index contributed by atoms with van der Waals surface area (Å²) in [5, 5.41) is 3.50. The zero-order valence-electron chi connectivity index (χ0n) is 15.8. The van der Waals surface area contributed by atoms with Gasteiger partial charge in [0.1, 0.15) is 0 Å². The first kappa shape index (κ1) is 21.0. The molecule has 1 unspecified atom stereocenters. The third-order valence-corrected chi connectivity index (χ3v) is 4.43. The van der Waals surface area contributed by atoms with Crippen molar-refractivity contribution in [3.05, 3.63) is 35.8 Å². The predicted molar refractivity (Wildman–Crippen MR) is 106 cm³/mol. The summed E-state index contributed by atoms with van der Waals surface area (Å²) in [6.07, 6.45) is 8.60. The minimum atomic E-state index is -0.915. The molecule has 2 aromatic rings. The number of nitrogens with zero attached hydrogens (tertiary/aromatic N) is 1. The minimum Gasteiger partial charge on any atom is -0.467 e. The molecule has 0 aliphatic rings. The summed E-state index contributed by atoms with van der Waals surface area (Å²) >= 11 is 1.17. The minimum absolute atomic E-state index is 0.0319. The number of carbonyl (C=O) groups is 1. The van der Waals surface area contributed by atoms with E-state index in [2.05, 4.69) is 16.2 Å². The molecule has 0 fully saturated rings. The Morgan fingerprint density at radius 1 is 1.44 bits per heavy atom. The molecule has 0 aliphatic carbocycles. The maximum absolute atomic E-state index is 14.4. The number of amides is 1. The van der Waals surface area contributed by atoms with Gasteiger partial charge in [0.2, 0.25) is 5.44 Å². The van der Waals surface area contributed by atoms with Crippen LogP contribution in [0.5, 0.6) is 5.75 Å². The second-order valence-corrected chi connectivity index (χ2v) is 7.44. The molecule has 0 spiro atoms. The monoisotopic (exact) mass is 390 g/mol. The third-order valence-electron chi connectivity index (χ3n) is 3.69. The van der Waals surface area contributed by atoms with Gasteiger partial charge >= 0.3 is 0 Å². The second kappa shape index (κ2) is 9.07. The number of halogens is 1. The fourth-order valence-corrected chi connectivity index (χ4v) is 2.88. The molecule has 1 aromatic carbocycles. The number of nitrogens with one attached hydrogen (secondary N) is 1. The van der Waals surface area contributed by atoms with Crippen molar-refractivity contribution in [3.8, 4) is 18.1 Å². The number of hydrogen-bond acceptors (Lipinski definition) is 5. The average molecular weight is 390 g/mol. The van der Waals surface area contributed by atoms with Gasteiger partial charge in [-0.3, -0.25) is 9.78 Å². The van der Waals surface area contributed by atoms with Crippen LogP contribution in [0.15, 0.2) is 24.4 Å². The summed E-state index contributed by atoms with van der Waals surface area (Å²) in [5.74, 6) is 1.50. The van der Waals surface area contributed by atoms with E-state index in [1.807, 2.05) is 20.8 Å². The smallest absolute Gasteiger partial charge is 0.272 e. The molecule has 0 saturated carbocycles. The van der Waals surface area contributed by atoms with E-state index < -0.39 is 16.8 Å². The highest BCUT2D eigenvalue weighted by Crippen LogP contribution is 2.27. The molecule has 0 bridgehead atoms. The molecule has 1 atom stereocenters. The molecule has 27 heavy (non-hydrogen) atoms. The fourth-order valence-electron chi connectivity index (χ4n) is 2.41. The Balaban J connectivity index is 2.21. The Bertz CT molecular complexity index is 864. The van der Waals surface area contributed by atoms with Gasteiger partial charge in [-0.2, -0.15) is 0 Å². The molecule has 7 heteroatoms. The van der Waals surface area contributed by atoms with Crippen molar-refractivity contribution in [2.75, 3.05) is 19.5 Å². The van der Waals surface area contributed by atoms with Gasteiger partial charge in [-0.25, -0.2) is 4.39 Å². The average Bonchev–Trinajstić information content (AvgIpc) is 2.63. The van der Waals surface area contributed by atoms with Gasteiger partial charge in [-0.1, -0.05) is 5.92 Å². The Morgan fingerprint density at radius 2 is 2.19 bits per heavy atom. The van der Waals surface area contributed by atoms with E-state index in [9.17, 15) is 9.18 Å². The summed E-state index contributed by atoms with van der Waals surface area (Å²) in [7, 11) is 0. The molecule has 0 aliphatic heterocycles. The number of fused-ring (bicyclic) bond motifs is 1. The molecular formula is C20H23FN2O3S. The van der Waals surface area contributed by atoms with Crippen LogP contribution in [0.4, 0.5) is 4.39 Å². The number of rotatable bonds is 8. The first-order chi connectivity index (χ1) is 12.8. The van der Waals surface area contributed by atoms with Gasteiger partial charge in [0.25, 0.3) is 5.91 Å². The van der Waals surface area contributed by atoms with E-state index in [-0.39, 0.29) is 11.7 Å². The van der Waals surface area contributed by atoms with E-state index >= 15 is 0 Å². The maximum Gasteiger partial charge on any atom is 0.272 e. The van der Waals surface area contributed by atoms with Gasteiger partial charge in [-0.05, 0) is 39.2 Å². The largest absolute Gasteiger partial charge is 0.467 e. The summed E-state index contributed by atoms with van der Waals surface area (Å²) in [4.78, 5) is 16.7. The second-order valence-electron chi connectivity index (χ2n) is 6.54. The van der Waals surface area contributed by atoms with Crippen LogP contribution >= 0.6 is 11.8 Å². The molecule has 1 heterocycles. The van der Waals surface area contributed by atoms with Crippen LogP contribution in [0, 0.1) is 18.2 Å². The summed E-state index contributed by atoms with van der Waals surface area (Å²) in [5.41, 5.74) is -0.446. The van der Waals surface area contributed by atoms with Crippen LogP contribution in [-0.4, -0.2) is 41.3 Å². The van der Waals surface area contributed by atoms with Crippen molar-refractivity contribution in [3.63, 3.8) is 0 Å². The van der Waals surface area contributed by atoms with Crippen LogP contribution in [0.3, 0.4) is 0 Å². The van der Waals surface area contributed by atoms with Crippen molar-refractivity contribution < 1.29 is 18.7 Å². The normalized spacial score (nSPS) is 12.4. The lowest BCUT2D eigenvalue weighted by Gasteiger charge is -2.28. The Kier molecular flexibility index (Phi) is 7.05. The first-order valence-corrected chi connectivity index (χ1v) is 9.73. The van der Waals surface area contributed by atoms with Gasteiger partial charge in [0.15, 0.2) is 11.6 Å². The van der Waals surface area contributed by atoms with Crippen LogP contribution in [0.2, 0.25) is 0 Å². The third kappa shape index (κ3) is 5.59. The number of aromatic nitrogens is 1. The number of terminal acetylenes is 1. The van der Waals surface area contributed by atoms with Crippen molar-refractivity contribution >= 4 is 28.6 Å². The summed E-state index contributed by atoms with van der Waals surface area (Å²) < 4.78 is 25.4. The number of pyridine rings is 1. The zero-order valence-corrected chi connectivity index (χ0v) is 16.7. The summed E-state index contributed by atoms with van der Waals surface area (Å²) in [6, 6.07) is 4.48. The van der Waals surface area contributed by atoms with E-state index in [1.54, 1.807) is 12.3 Å². The van der Waals surface area contributed by atoms with Gasteiger partial charge in [0.05, 0.1) is 17.7 Å². The molecule has 0 radical (unpaired) electrons. The zero-order chi connectivity index (χ0) is 20.0. The van der Waals surface area contributed by atoms with Gasteiger partial charge < -0.3 is 14.8 Å². The topological polar surface area (TPSA) is 60.5 Å². The highest BCUT2D eigenvalue weighted by Gasteiger charge is 2.27. The van der Waals surface area contributed by atoms with Crippen LogP contribution in [0.1, 0.15) is 26.3 Å². The van der Waals surface area contributed by atoms with E-state index in [4.69, 9.17) is 15.9 Å². The van der Waals surface area contributed by atoms with Crippen LogP contribution in [0.25, 0.3) is 10.9 Å². The van der Waals surface area contributed by atoms with Crippen LogP contribution < -0.4 is 10.1 Å². The molecular weight excluding hydrogens is 367 g/mol. The van der Waals surface area contributed by atoms with Gasteiger partial charge in [0, 0.05) is 29.8 Å². The number of ether oxygens (including phenoxy) is 2. The Labute approximate surface area is 163 Å². The van der Waals surface area contributed by atoms with Crippen molar-refractivity contribution in [1.29, 1.82) is 0 Å². The van der Waals surface area contributed by atoms with Crippen molar-refractivity contribution in [2.45, 2.75) is 31.7 Å². The maximum atomic E-state index is 14.4. The molecule has 2 rings (SSSR count). The molecule has 1 aromatic heterocycles. The van der Waals surface area contributed by atoms with Crippen molar-refractivity contribution in [2.24, 2.45) is 0 Å².